The molecule has 0 aliphatic carbocycles. The van der Waals surface area contributed by atoms with Gasteiger partial charge in [0.15, 0.2) is 0 Å². The zero-order valence-electron chi connectivity index (χ0n) is 12.4. The summed E-state index contributed by atoms with van der Waals surface area (Å²) in [6.45, 7) is 0.325. The number of aromatic amines is 1. The van der Waals surface area contributed by atoms with Crippen LogP contribution in [0.5, 0.6) is 0 Å². The molecule has 3 nitrogen and oxygen atoms in total. The van der Waals surface area contributed by atoms with Crippen molar-refractivity contribution in [1.82, 2.24) is 4.98 Å². The molecule has 4 aromatic rings. The van der Waals surface area contributed by atoms with Gasteiger partial charge in [0, 0.05) is 27.4 Å². The minimum atomic E-state index is -0.204. The fraction of sp³-hybridized carbons (Fsp3) is 0.105. The Bertz CT molecular complexity index is 983. The lowest BCUT2D eigenvalue weighted by Crippen LogP contribution is -2.07. The van der Waals surface area contributed by atoms with Crippen LogP contribution in [0.15, 0.2) is 60.1 Å². The Morgan fingerprint density at radius 2 is 1.78 bits per heavy atom. The van der Waals surface area contributed by atoms with E-state index < -0.39 is 0 Å². The Morgan fingerprint density at radius 3 is 2.70 bits per heavy atom. The Labute approximate surface area is 137 Å². The lowest BCUT2D eigenvalue weighted by atomic mass is 10.1. The highest BCUT2D eigenvalue weighted by molar-refractivity contribution is 7.17. The van der Waals surface area contributed by atoms with Gasteiger partial charge in [0.1, 0.15) is 6.61 Å². The summed E-state index contributed by atoms with van der Waals surface area (Å²) in [5, 5.41) is 4.30. The molecule has 2 heterocycles. The van der Waals surface area contributed by atoms with Crippen molar-refractivity contribution in [3.8, 4) is 0 Å². The summed E-state index contributed by atoms with van der Waals surface area (Å²) in [5.74, 6) is -0.204. The molecule has 2 aromatic heterocycles. The van der Waals surface area contributed by atoms with Crippen LogP contribution < -0.4 is 0 Å². The molecule has 0 amide bonds. The summed E-state index contributed by atoms with van der Waals surface area (Å²) in [7, 11) is 0. The molecule has 0 unspecified atom stereocenters. The standard InChI is InChI=1S/C19H15NO2S/c21-19(9-13-10-20-17-7-3-1-5-15(13)17)22-11-14-12-23-18-8-4-2-6-16(14)18/h1-8,10,12,20H,9,11H2. The van der Waals surface area contributed by atoms with Crippen molar-refractivity contribution in [1.29, 1.82) is 0 Å². The molecular formula is C19H15NO2S. The molecule has 0 bridgehead atoms. The summed E-state index contributed by atoms with van der Waals surface area (Å²) in [4.78, 5) is 15.3. The van der Waals surface area contributed by atoms with Crippen LogP contribution >= 0.6 is 11.3 Å². The summed E-state index contributed by atoms with van der Waals surface area (Å²) in [6, 6.07) is 16.1. The molecule has 0 radical (unpaired) electrons. The van der Waals surface area contributed by atoms with E-state index in [2.05, 4.69) is 22.5 Å². The number of aromatic nitrogens is 1. The maximum absolute atomic E-state index is 12.2. The number of thiophene rings is 1. The first-order chi connectivity index (χ1) is 11.3. The highest BCUT2D eigenvalue weighted by Gasteiger charge is 2.11. The van der Waals surface area contributed by atoms with Gasteiger partial charge in [-0.15, -0.1) is 11.3 Å². The molecule has 23 heavy (non-hydrogen) atoms. The number of benzene rings is 2. The Hall–Kier alpha value is -2.59. The highest BCUT2D eigenvalue weighted by atomic mass is 32.1. The van der Waals surface area contributed by atoms with Gasteiger partial charge < -0.3 is 9.72 Å². The zero-order valence-corrected chi connectivity index (χ0v) is 13.2. The predicted molar refractivity (Wildman–Crippen MR) is 93.6 cm³/mol. The molecule has 0 fully saturated rings. The van der Waals surface area contributed by atoms with E-state index in [9.17, 15) is 4.79 Å². The number of nitrogens with one attached hydrogen (secondary N) is 1. The first-order valence-electron chi connectivity index (χ1n) is 7.47. The second-order valence-corrected chi connectivity index (χ2v) is 6.37. The first kappa shape index (κ1) is 14.0. The molecular weight excluding hydrogens is 306 g/mol. The summed E-state index contributed by atoms with van der Waals surface area (Å²) in [6.07, 6.45) is 2.16. The quantitative estimate of drug-likeness (QED) is 0.555. The van der Waals surface area contributed by atoms with Gasteiger partial charge in [0.05, 0.1) is 6.42 Å². The number of fused-ring (bicyclic) bond motifs is 2. The lowest BCUT2D eigenvalue weighted by molar-refractivity contribution is -0.144. The molecule has 0 atom stereocenters. The number of hydrogen-bond acceptors (Lipinski definition) is 3. The average molecular weight is 321 g/mol. The topological polar surface area (TPSA) is 42.1 Å². The van der Waals surface area contributed by atoms with Gasteiger partial charge in [-0.05, 0) is 28.5 Å². The summed E-state index contributed by atoms with van der Waals surface area (Å²) < 4.78 is 6.69. The van der Waals surface area contributed by atoms with Gasteiger partial charge in [0.2, 0.25) is 0 Å². The van der Waals surface area contributed by atoms with E-state index in [-0.39, 0.29) is 12.4 Å². The molecule has 2 aromatic carbocycles. The number of esters is 1. The van der Waals surface area contributed by atoms with Crippen LogP contribution in [-0.4, -0.2) is 11.0 Å². The molecule has 0 spiro atoms. The van der Waals surface area contributed by atoms with Crippen molar-refractivity contribution < 1.29 is 9.53 Å². The fourth-order valence-corrected chi connectivity index (χ4v) is 3.73. The Morgan fingerprint density at radius 1 is 1.00 bits per heavy atom. The van der Waals surface area contributed by atoms with Crippen LogP contribution in [0.3, 0.4) is 0 Å². The number of hydrogen-bond donors (Lipinski definition) is 1. The molecule has 4 rings (SSSR count). The maximum Gasteiger partial charge on any atom is 0.310 e. The van der Waals surface area contributed by atoms with Gasteiger partial charge in [-0.1, -0.05) is 36.4 Å². The van der Waals surface area contributed by atoms with Gasteiger partial charge >= 0.3 is 5.97 Å². The van der Waals surface area contributed by atoms with Crippen molar-refractivity contribution in [2.75, 3.05) is 0 Å². The van der Waals surface area contributed by atoms with Crippen LogP contribution in [0, 0.1) is 0 Å². The van der Waals surface area contributed by atoms with Crippen LogP contribution in [0.4, 0.5) is 0 Å². The van der Waals surface area contributed by atoms with Crippen molar-refractivity contribution in [3.05, 3.63) is 71.2 Å². The normalized spacial score (nSPS) is 11.1. The molecule has 4 heteroatoms. The number of para-hydroxylation sites is 1. The number of carbonyl (C=O) groups is 1. The Kier molecular flexibility index (Phi) is 3.60. The summed E-state index contributed by atoms with van der Waals surface area (Å²) >= 11 is 1.68. The maximum atomic E-state index is 12.2. The van der Waals surface area contributed by atoms with Crippen LogP contribution in [-0.2, 0) is 22.6 Å². The second kappa shape index (κ2) is 5.89. The minimum absolute atomic E-state index is 0.204. The lowest BCUT2D eigenvalue weighted by Gasteiger charge is -2.04. The summed E-state index contributed by atoms with van der Waals surface area (Å²) in [5.41, 5.74) is 3.08. The van der Waals surface area contributed by atoms with E-state index in [1.165, 1.54) is 4.70 Å². The largest absolute Gasteiger partial charge is 0.461 e. The van der Waals surface area contributed by atoms with Gasteiger partial charge in [-0.3, -0.25) is 4.79 Å². The second-order valence-electron chi connectivity index (χ2n) is 5.45. The SMILES string of the molecule is O=C(Cc1c[nH]c2ccccc12)OCc1csc2ccccc12. The van der Waals surface area contributed by atoms with Gasteiger partial charge in [-0.25, -0.2) is 0 Å². The number of rotatable bonds is 4. The van der Waals surface area contributed by atoms with Crippen molar-refractivity contribution in [2.45, 2.75) is 13.0 Å². The third-order valence-electron chi connectivity index (χ3n) is 3.96. The van der Waals surface area contributed by atoms with Crippen molar-refractivity contribution in [3.63, 3.8) is 0 Å². The fourth-order valence-electron chi connectivity index (χ4n) is 2.79. The zero-order chi connectivity index (χ0) is 15.6. The van der Waals surface area contributed by atoms with E-state index in [0.717, 1.165) is 27.4 Å². The molecule has 0 aliphatic heterocycles. The van der Waals surface area contributed by atoms with E-state index in [1.54, 1.807) is 11.3 Å². The third kappa shape index (κ3) is 2.73. The number of ether oxygens (including phenoxy) is 1. The number of carbonyl (C=O) groups excluding carboxylic acids is 1. The Balaban J connectivity index is 1.46. The van der Waals surface area contributed by atoms with E-state index in [1.807, 2.05) is 42.6 Å². The predicted octanol–water partition coefficient (Wildman–Crippen LogP) is 4.67. The number of H-pyrrole nitrogens is 1. The first-order valence-corrected chi connectivity index (χ1v) is 8.35. The van der Waals surface area contributed by atoms with Gasteiger partial charge in [-0.2, -0.15) is 0 Å². The minimum Gasteiger partial charge on any atom is -0.461 e. The van der Waals surface area contributed by atoms with Crippen LogP contribution in [0.1, 0.15) is 11.1 Å². The molecule has 0 saturated heterocycles. The van der Waals surface area contributed by atoms with E-state index in [0.29, 0.717) is 6.61 Å². The molecule has 114 valence electrons. The van der Waals surface area contributed by atoms with Crippen LogP contribution in [0.2, 0.25) is 0 Å². The smallest absolute Gasteiger partial charge is 0.310 e. The molecule has 0 saturated carbocycles. The van der Waals surface area contributed by atoms with Crippen molar-refractivity contribution >= 4 is 38.3 Å². The third-order valence-corrected chi connectivity index (χ3v) is 4.97. The van der Waals surface area contributed by atoms with E-state index in [4.69, 9.17) is 4.74 Å². The molecule has 1 N–H and O–H groups in total. The highest BCUT2D eigenvalue weighted by Crippen LogP contribution is 2.26. The monoisotopic (exact) mass is 321 g/mol. The molecule has 0 aliphatic rings. The van der Waals surface area contributed by atoms with E-state index >= 15 is 0 Å². The van der Waals surface area contributed by atoms with Crippen LogP contribution in [0.25, 0.3) is 21.0 Å². The van der Waals surface area contributed by atoms with Gasteiger partial charge in [0.25, 0.3) is 0 Å². The average Bonchev–Trinajstić information content (AvgIpc) is 3.18. The van der Waals surface area contributed by atoms with Crippen molar-refractivity contribution in [2.24, 2.45) is 0 Å².